The summed E-state index contributed by atoms with van der Waals surface area (Å²) in [7, 11) is 1.59. The van der Waals surface area contributed by atoms with Gasteiger partial charge in [-0.05, 0) is 32.3 Å². The molecular weight excluding hydrogens is 204 g/mol. The summed E-state index contributed by atoms with van der Waals surface area (Å²) in [5.74, 6) is -0.674. The number of rotatable bonds is 7. The van der Waals surface area contributed by atoms with Gasteiger partial charge in [-0.1, -0.05) is 30.3 Å². The molecule has 0 aliphatic carbocycles. The molecule has 0 radical (unpaired) electrons. The standard InChI is InChI=1S/C13H20O3/c1-13(2,14-3)16-15-11-7-10-12-8-5-4-6-9-12/h4-6,8-9H,7,10-11H2,1-3H3. The summed E-state index contributed by atoms with van der Waals surface area (Å²) in [6.07, 6.45) is 1.93. The molecule has 0 unspecified atom stereocenters. The molecule has 0 aliphatic heterocycles. The van der Waals surface area contributed by atoms with E-state index in [1.165, 1.54) is 5.56 Å². The Labute approximate surface area is 97.3 Å². The molecule has 0 saturated carbocycles. The van der Waals surface area contributed by atoms with E-state index >= 15 is 0 Å². The lowest BCUT2D eigenvalue weighted by atomic mass is 10.1. The number of hydrogen-bond acceptors (Lipinski definition) is 3. The molecule has 0 fully saturated rings. The van der Waals surface area contributed by atoms with E-state index in [-0.39, 0.29) is 0 Å². The van der Waals surface area contributed by atoms with Gasteiger partial charge in [0.25, 0.3) is 0 Å². The van der Waals surface area contributed by atoms with Gasteiger partial charge in [0.1, 0.15) is 0 Å². The van der Waals surface area contributed by atoms with Crippen LogP contribution >= 0.6 is 0 Å². The van der Waals surface area contributed by atoms with Crippen LogP contribution in [0.15, 0.2) is 30.3 Å². The predicted octanol–water partition coefficient (Wildman–Crippen LogP) is 2.95. The molecule has 0 aliphatic rings. The number of ether oxygens (including phenoxy) is 1. The van der Waals surface area contributed by atoms with Crippen LogP contribution in [0.25, 0.3) is 0 Å². The first-order chi connectivity index (χ1) is 7.64. The monoisotopic (exact) mass is 224 g/mol. The number of benzene rings is 1. The molecule has 0 atom stereocenters. The SMILES string of the molecule is COC(C)(C)OOCCCc1ccccc1. The van der Waals surface area contributed by atoms with E-state index in [0.29, 0.717) is 6.61 Å². The van der Waals surface area contributed by atoms with Gasteiger partial charge >= 0.3 is 0 Å². The van der Waals surface area contributed by atoms with Gasteiger partial charge in [0.15, 0.2) is 5.79 Å². The highest BCUT2D eigenvalue weighted by Gasteiger charge is 2.17. The predicted molar refractivity (Wildman–Crippen MR) is 62.9 cm³/mol. The van der Waals surface area contributed by atoms with E-state index in [9.17, 15) is 0 Å². The number of aryl methyl sites for hydroxylation is 1. The molecule has 0 aromatic heterocycles. The van der Waals surface area contributed by atoms with E-state index in [0.717, 1.165) is 12.8 Å². The van der Waals surface area contributed by atoms with Gasteiger partial charge < -0.3 is 4.74 Å². The third-order valence-electron chi connectivity index (χ3n) is 2.29. The van der Waals surface area contributed by atoms with Crippen LogP contribution in [0.3, 0.4) is 0 Å². The highest BCUT2D eigenvalue weighted by Crippen LogP contribution is 2.10. The van der Waals surface area contributed by atoms with E-state index < -0.39 is 5.79 Å². The fraction of sp³-hybridized carbons (Fsp3) is 0.538. The quantitative estimate of drug-likeness (QED) is 0.308. The molecule has 3 heteroatoms. The van der Waals surface area contributed by atoms with Crippen molar-refractivity contribution in [1.82, 2.24) is 0 Å². The van der Waals surface area contributed by atoms with Crippen molar-refractivity contribution in [2.24, 2.45) is 0 Å². The summed E-state index contributed by atoms with van der Waals surface area (Å²) in [5.41, 5.74) is 1.32. The third kappa shape index (κ3) is 5.26. The van der Waals surface area contributed by atoms with E-state index in [4.69, 9.17) is 14.5 Å². The highest BCUT2D eigenvalue weighted by molar-refractivity contribution is 5.14. The second kappa shape index (κ2) is 6.63. The van der Waals surface area contributed by atoms with Crippen molar-refractivity contribution in [3.8, 4) is 0 Å². The van der Waals surface area contributed by atoms with Crippen molar-refractivity contribution in [1.29, 1.82) is 0 Å². The first-order valence-electron chi connectivity index (χ1n) is 5.54. The normalized spacial score (nSPS) is 11.7. The first kappa shape index (κ1) is 13.2. The maximum absolute atomic E-state index is 5.09. The Balaban J connectivity index is 2.09. The maximum atomic E-state index is 5.09. The Morgan fingerprint density at radius 3 is 2.44 bits per heavy atom. The van der Waals surface area contributed by atoms with Crippen molar-refractivity contribution >= 4 is 0 Å². The van der Waals surface area contributed by atoms with E-state index in [2.05, 4.69) is 12.1 Å². The minimum Gasteiger partial charge on any atom is -0.351 e. The first-order valence-corrected chi connectivity index (χ1v) is 5.54. The lowest BCUT2D eigenvalue weighted by Gasteiger charge is -2.21. The smallest absolute Gasteiger partial charge is 0.195 e. The summed E-state index contributed by atoms with van der Waals surface area (Å²) >= 11 is 0. The van der Waals surface area contributed by atoms with Crippen LogP contribution in [0, 0.1) is 0 Å². The summed E-state index contributed by atoms with van der Waals surface area (Å²) < 4.78 is 5.06. The molecule has 1 aromatic rings. The Hall–Kier alpha value is -0.900. The van der Waals surface area contributed by atoms with Crippen LogP contribution in [-0.4, -0.2) is 19.5 Å². The third-order valence-corrected chi connectivity index (χ3v) is 2.29. The van der Waals surface area contributed by atoms with Crippen LogP contribution in [0.5, 0.6) is 0 Å². The van der Waals surface area contributed by atoms with Crippen molar-refractivity contribution < 1.29 is 14.5 Å². The molecule has 1 rings (SSSR count). The Bertz CT molecular complexity index is 282. The molecule has 16 heavy (non-hydrogen) atoms. The van der Waals surface area contributed by atoms with Crippen molar-refractivity contribution in [3.05, 3.63) is 35.9 Å². The minimum absolute atomic E-state index is 0.571. The lowest BCUT2D eigenvalue weighted by Crippen LogP contribution is -2.26. The fourth-order valence-electron chi connectivity index (χ4n) is 1.20. The maximum Gasteiger partial charge on any atom is 0.195 e. The van der Waals surface area contributed by atoms with E-state index in [1.54, 1.807) is 7.11 Å². The summed E-state index contributed by atoms with van der Waals surface area (Å²) in [4.78, 5) is 10.2. The van der Waals surface area contributed by atoms with Gasteiger partial charge in [-0.2, -0.15) is 0 Å². The zero-order chi connectivity index (χ0) is 11.9. The molecule has 90 valence electrons. The summed E-state index contributed by atoms with van der Waals surface area (Å²) in [6, 6.07) is 10.3. The lowest BCUT2D eigenvalue weighted by molar-refractivity contribution is -0.413. The molecular formula is C13H20O3. The average Bonchev–Trinajstić information content (AvgIpc) is 2.30. The molecule has 0 heterocycles. The summed E-state index contributed by atoms with van der Waals surface area (Å²) in [5, 5.41) is 0. The Morgan fingerprint density at radius 2 is 1.81 bits per heavy atom. The Kier molecular flexibility index (Phi) is 5.46. The average molecular weight is 224 g/mol. The van der Waals surface area contributed by atoms with Gasteiger partial charge in [0.05, 0.1) is 6.61 Å². The van der Waals surface area contributed by atoms with Crippen LogP contribution in [0.1, 0.15) is 25.8 Å². The summed E-state index contributed by atoms with van der Waals surface area (Å²) in [6.45, 7) is 4.19. The highest BCUT2D eigenvalue weighted by atomic mass is 17.2. The molecule has 0 bridgehead atoms. The second-order valence-electron chi connectivity index (χ2n) is 4.10. The van der Waals surface area contributed by atoms with Gasteiger partial charge in [-0.25, -0.2) is 9.78 Å². The molecule has 3 nitrogen and oxygen atoms in total. The van der Waals surface area contributed by atoms with Gasteiger partial charge in [-0.15, -0.1) is 0 Å². The largest absolute Gasteiger partial charge is 0.351 e. The zero-order valence-corrected chi connectivity index (χ0v) is 10.2. The molecule has 0 amide bonds. The topological polar surface area (TPSA) is 27.7 Å². The number of methoxy groups -OCH3 is 1. The van der Waals surface area contributed by atoms with Crippen LogP contribution in [0.4, 0.5) is 0 Å². The molecule has 0 saturated heterocycles. The van der Waals surface area contributed by atoms with E-state index in [1.807, 2.05) is 32.0 Å². The molecule has 1 aromatic carbocycles. The van der Waals surface area contributed by atoms with Crippen LogP contribution < -0.4 is 0 Å². The van der Waals surface area contributed by atoms with Crippen molar-refractivity contribution in [3.63, 3.8) is 0 Å². The molecule has 0 N–H and O–H groups in total. The Morgan fingerprint density at radius 1 is 1.12 bits per heavy atom. The van der Waals surface area contributed by atoms with Crippen LogP contribution in [-0.2, 0) is 20.9 Å². The van der Waals surface area contributed by atoms with Crippen molar-refractivity contribution in [2.45, 2.75) is 32.5 Å². The van der Waals surface area contributed by atoms with Crippen LogP contribution in [0.2, 0.25) is 0 Å². The number of hydrogen-bond donors (Lipinski definition) is 0. The zero-order valence-electron chi connectivity index (χ0n) is 10.2. The fourth-order valence-corrected chi connectivity index (χ4v) is 1.20. The minimum atomic E-state index is -0.674. The second-order valence-corrected chi connectivity index (χ2v) is 4.10. The van der Waals surface area contributed by atoms with Crippen molar-refractivity contribution in [2.75, 3.05) is 13.7 Å². The van der Waals surface area contributed by atoms with Gasteiger partial charge in [0.2, 0.25) is 0 Å². The molecule has 0 spiro atoms. The van der Waals surface area contributed by atoms with Gasteiger partial charge in [0, 0.05) is 7.11 Å². The van der Waals surface area contributed by atoms with Gasteiger partial charge in [-0.3, -0.25) is 0 Å².